The van der Waals surface area contributed by atoms with Crippen molar-refractivity contribution in [2.45, 2.75) is 53.4 Å². The molecule has 0 saturated carbocycles. The van der Waals surface area contributed by atoms with Gasteiger partial charge in [0.2, 0.25) is 6.29 Å². The molecule has 0 N–H and O–H groups in total. The predicted octanol–water partition coefficient (Wildman–Crippen LogP) is 2.35. The summed E-state index contributed by atoms with van der Waals surface area (Å²) in [7, 11) is 0. The van der Waals surface area contributed by atoms with Gasteiger partial charge < -0.3 is 9.47 Å². The molecule has 1 aliphatic heterocycles. The van der Waals surface area contributed by atoms with Crippen molar-refractivity contribution in [2.75, 3.05) is 0 Å². The molecule has 1 rings (SSSR count). The van der Waals surface area contributed by atoms with Crippen LogP contribution in [-0.4, -0.2) is 17.9 Å². The summed E-state index contributed by atoms with van der Waals surface area (Å²) >= 11 is 0. The van der Waals surface area contributed by atoms with Gasteiger partial charge in [0.05, 0.1) is 0 Å². The zero-order chi connectivity index (χ0) is 11.1. The molecule has 1 saturated heterocycles. The minimum atomic E-state index is -0.780. The third-order valence-electron chi connectivity index (χ3n) is 2.78. The molecule has 1 aliphatic rings. The maximum Gasteiger partial charge on any atom is 0.340 e. The fraction of sp³-hybridized carbons (Fsp3) is 0.909. The van der Waals surface area contributed by atoms with Gasteiger partial charge in [0.1, 0.15) is 0 Å². The number of rotatable bonds is 1. The number of cyclic esters (lactones) is 1. The van der Waals surface area contributed by atoms with E-state index < -0.39 is 11.9 Å². The van der Waals surface area contributed by atoms with Crippen LogP contribution >= 0.6 is 0 Å². The third-order valence-corrected chi connectivity index (χ3v) is 2.78. The van der Waals surface area contributed by atoms with Crippen LogP contribution in [0.1, 0.15) is 41.5 Å². The van der Waals surface area contributed by atoms with Gasteiger partial charge in [-0.15, -0.1) is 0 Å². The van der Waals surface area contributed by atoms with Crippen LogP contribution in [0.15, 0.2) is 0 Å². The van der Waals surface area contributed by atoms with Crippen molar-refractivity contribution >= 4 is 5.97 Å². The van der Waals surface area contributed by atoms with Gasteiger partial charge in [-0.3, -0.25) is 0 Å². The van der Waals surface area contributed by atoms with Crippen LogP contribution in [-0.2, 0) is 14.3 Å². The van der Waals surface area contributed by atoms with Gasteiger partial charge in [0, 0.05) is 5.41 Å². The summed E-state index contributed by atoms with van der Waals surface area (Å²) in [6.07, 6.45) is -0.428. The van der Waals surface area contributed by atoms with Crippen molar-refractivity contribution in [3.05, 3.63) is 0 Å². The Hall–Kier alpha value is -0.570. The first-order valence-corrected chi connectivity index (χ1v) is 5.07. The fourth-order valence-electron chi connectivity index (χ4n) is 1.23. The highest BCUT2D eigenvalue weighted by Gasteiger charge is 2.51. The molecule has 0 radical (unpaired) electrons. The average molecular weight is 200 g/mol. The normalized spacial score (nSPS) is 33.6. The number of ether oxygens (including phenoxy) is 2. The maximum atomic E-state index is 11.6. The van der Waals surface area contributed by atoms with Crippen LogP contribution in [0.2, 0.25) is 0 Å². The van der Waals surface area contributed by atoms with E-state index in [0.717, 1.165) is 0 Å². The number of carbonyl (C=O) groups excluding carboxylic acids is 1. The summed E-state index contributed by atoms with van der Waals surface area (Å²) in [4.78, 5) is 11.6. The SMILES string of the molecule is CC(C)[C@@]1(C)O[C@H](C(C)(C)C)OC1=O. The lowest BCUT2D eigenvalue weighted by molar-refractivity contribution is -0.157. The van der Waals surface area contributed by atoms with Crippen molar-refractivity contribution in [1.29, 1.82) is 0 Å². The maximum absolute atomic E-state index is 11.6. The van der Waals surface area contributed by atoms with Crippen molar-refractivity contribution in [1.82, 2.24) is 0 Å². The van der Waals surface area contributed by atoms with Crippen molar-refractivity contribution in [3.8, 4) is 0 Å². The molecule has 1 heterocycles. The van der Waals surface area contributed by atoms with Gasteiger partial charge in [-0.25, -0.2) is 4.79 Å². The Bertz CT molecular complexity index is 239. The molecule has 0 aromatic heterocycles. The third kappa shape index (κ3) is 1.78. The molecular weight excluding hydrogens is 180 g/mol. The minimum absolute atomic E-state index is 0.127. The largest absolute Gasteiger partial charge is 0.433 e. The van der Waals surface area contributed by atoms with E-state index in [1.807, 2.05) is 34.6 Å². The lowest BCUT2D eigenvalue weighted by Crippen LogP contribution is -2.39. The highest BCUT2D eigenvalue weighted by molar-refractivity contribution is 5.81. The second-order valence-electron chi connectivity index (χ2n) is 5.48. The predicted molar refractivity (Wildman–Crippen MR) is 53.7 cm³/mol. The summed E-state index contributed by atoms with van der Waals surface area (Å²) in [6.45, 7) is 11.7. The molecule has 0 unspecified atom stereocenters. The Labute approximate surface area is 85.8 Å². The monoisotopic (exact) mass is 200 g/mol. The first kappa shape index (κ1) is 11.5. The Morgan fingerprint density at radius 2 is 1.86 bits per heavy atom. The first-order valence-electron chi connectivity index (χ1n) is 5.07. The zero-order valence-electron chi connectivity index (χ0n) is 9.88. The van der Waals surface area contributed by atoms with Gasteiger partial charge >= 0.3 is 5.97 Å². The summed E-state index contributed by atoms with van der Waals surface area (Å²) in [5.74, 6) is -0.116. The number of carbonyl (C=O) groups is 1. The Morgan fingerprint density at radius 1 is 1.36 bits per heavy atom. The smallest absolute Gasteiger partial charge is 0.340 e. The average Bonchev–Trinajstić information content (AvgIpc) is 2.28. The minimum Gasteiger partial charge on any atom is -0.433 e. The Morgan fingerprint density at radius 3 is 2.07 bits per heavy atom. The van der Waals surface area contributed by atoms with Gasteiger partial charge in [-0.05, 0) is 12.8 Å². The van der Waals surface area contributed by atoms with Crippen LogP contribution in [0.5, 0.6) is 0 Å². The molecule has 82 valence electrons. The van der Waals surface area contributed by atoms with Crippen LogP contribution in [0.3, 0.4) is 0 Å². The summed E-state index contributed by atoms with van der Waals surface area (Å²) in [5, 5.41) is 0. The second-order valence-corrected chi connectivity index (χ2v) is 5.48. The summed E-state index contributed by atoms with van der Waals surface area (Å²) < 4.78 is 11.0. The Kier molecular flexibility index (Phi) is 2.65. The molecule has 2 atom stereocenters. The van der Waals surface area contributed by atoms with Crippen LogP contribution < -0.4 is 0 Å². The standard InChI is InChI=1S/C11H20O3/c1-7(2)11(6)8(12)13-9(14-11)10(3,4)5/h7,9H,1-6H3/t9-,11-/m1/s1. The zero-order valence-corrected chi connectivity index (χ0v) is 9.88. The van der Waals surface area contributed by atoms with E-state index in [2.05, 4.69) is 0 Å². The summed E-state index contributed by atoms with van der Waals surface area (Å²) in [5.41, 5.74) is -0.944. The molecule has 0 spiro atoms. The molecule has 0 aliphatic carbocycles. The fourth-order valence-corrected chi connectivity index (χ4v) is 1.23. The molecule has 3 nitrogen and oxygen atoms in total. The molecule has 14 heavy (non-hydrogen) atoms. The quantitative estimate of drug-likeness (QED) is 0.609. The van der Waals surface area contributed by atoms with E-state index in [1.165, 1.54) is 0 Å². The molecule has 1 fully saturated rings. The molecular formula is C11H20O3. The first-order chi connectivity index (χ1) is 6.18. The second kappa shape index (κ2) is 3.23. The topological polar surface area (TPSA) is 35.5 Å². The molecule has 3 heteroatoms. The van der Waals surface area contributed by atoms with Gasteiger partial charge in [-0.2, -0.15) is 0 Å². The number of hydrogen-bond acceptors (Lipinski definition) is 3. The van der Waals surface area contributed by atoms with Crippen molar-refractivity contribution < 1.29 is 14.3 Å². The van der Waals surface area contributed by atoms with Crippen molar-refractivity contribution in [2.24, 2.45) is 11.3 Å². The van der Waals surface area contributed by atoms with E-state index in [9.17, 15) is 4.79 Å². The highest BCUT2D eigenvalue weighted by atomic mass is 16.8. The Balaban J connectivity index is 2.84. The van der Waals surface area contributed by atoms with Crippen LogP contribution in [0.25, 0.3) is 0 Å². The van der Waals surface area contributed by atoms with Gasteiger partial charge in [-0.1, -0.05) is 34.6 Å². The number of hydrogen-bond donors (Lipinski definition) is 0. The van der Waals surface area contributed by atoms with E-state index in [-0.39, 0.29) is 17.3 Å². The van der Waals surface area contributed by atoms with E-state index in [1.54, 1.807) is 6.92 Å². The van der Waals surface area contributed by atoms with Gasteiger partial charge in [0.15, 0.2) is 5.60 Å². The van der Waals surface area contributed by atoms with Crippen LogP contribution in [0.4, 0.5) is 0 Å². The lowest BCUT2D eigenvalue weighted by atomic mass is 9.92. The summed E-state index contributed by atoms with van der Waals surface area (Å²) in [6, 6.07) is 0. The highest BCUT2D eigenvalue weighted by Crippen LogP contribution is 2.38. The van der Waals surface area contributed by atoms with E-state index >= 15 is 0 Å². The van der Waals surface area contributed by atoms with Crippen LogP contribution in [0, 0.1) is 11.3 Å². The van der Waals surface area contributed by atoms with E-state index in [0.29, 0.717) is 0 Å². The molecule has 0 aromatic carbocycles. The molecule has 0 aromatic rings. The van der Waals surface area contributed by atoms with Crippen molar-refractivity contribution in [3.63, 3.8) is 0 Å². The van der Waals surface area contributed by atoms with E-state index in [4.69, 9.17) is 9.47 Å². The lowest BCUT2D eigenvalue weighted by Gasteiger charge is -2.28. The number of esters is 1. The molecule has 0 bridgehead atoms. The molecule has 0 amide bonds. The van der Waals surface area contributed by atoms with Gasteiger partial charge in [0.25, 0.3) is 0 Å².